The van der Waals surface area contributed by atoms with Gasteiger partial charge in [0.05, 0.1) is 0 Å². The van der Waals surface area contributed by atoms with E-state index in [2.05, 4.69) is 48.6 Å². The van der Waals surface area contributed by atoms with Gasteiger partial charge in [-0.25, -0.2) is 0 Å². The van der Waals surface area contributed by atoms with Gasteiger partial charge < -0.3 is 4.43 Å². The number of hydrogen-bond acceptors (Lipinski definition) is 1. The Bertz CT molecular complexity index is 197. The van der Waals surface area contributed by atoms with Gasteiger partial charge in [-0.05, 0) is 17.9 Å². The Morgan fingerprint density at radius 2 is 1.69 bits per heavy atom. The molecule has 0 amide bonds. The van der Waals surface area contributed by atoms with Crippen LogP contribution in [0.15, 0.2) is 30.3 Å². The first-order chi connectivity index (χ1) is 6.20. The normalized spacial score (nSPS) is 9.54. The van der Waals surface area contributed by atoms with Gasteiger partial charge in [-0.3, -0.25) is 0 Å². The Morgan fingerprint density at radius 3 is 2.08 bits per heavy atom. The molecule has 0 heterocycles. The number of benzene rings is 1. The van der Waals surface area contributed by atoms with Crippen LogP contribution in [0.25, 0.3) is 0 Å². The first-order valence-electron chi connectivity index (χ1n) is 4.64. The minimum atomic E-state index is 0.766. The first kappa shape index (κ1) is 12.4. The third-order valence-electron chi connectivity index (χ3n) is 1.49. The van der Waals surface area contributed by atoms with Gasteiger partial charge in [0.15, 0.2) is 0 Å². The van der Waals surface area contributed by atoms with E-state index in [4.69, 9.17) is 0 Å². The van der Waals surface area contributed by atoms with Crippen LogP contribution in [-0.4, -0.2) is 17.6 Å². The molecule has 2 heteroatoms. The van der Waals surface area contributed by atoms with Crippen molar-refractivity contribution in [2.24, 2.45) is 5.92 Å². The molecular weight excluding hydrogens is 176 g/mol. The van der Waals surface area contributed by atoms with E-state index in [0.29, 0.717) is 0 Å². The van der Waals surface area contributed by atoms with Crippen LogP contribution in [0.2, 0.25) is 0 Å². The molecule has 1 nitrogen and oxygen atoms in total. The van der Waals surface area contributed by atoms with Crippen LogP contribution in [0, 0.1) is 5.92 Å². The van der Waals surface area contributed by atoms with Crippen molar-refractivity contribution in [2.75, 3.05) is 7.11 Å². The molecule has 13 heavy (non-hydrogen) atoms. The van der Waals surface area contributed by atoms with Crippen LogP contribution >= 0.6 is 0 Å². The lowest BCUT2D eigenvalue weighted by atomic mass is 10.0. The third kappa shape index (κ3) is 7.75. The molecule has 0 aliphatic carbocycles. The molecule has 0 bridgehead atoms. The highest BCUT2D eigenvalue weighted by atomic mass is 28.2. The summed E-state index contributed by atoms with van der Waals surface area (Å²) in [6.45, 7) is 4.49. The molecule has 1 aromatic rings. The van der Waals surface area contributed by atoms with Gasteiger partial charge in [-0.15, -0.1) is 0 Å². The van der Waals surface area contributed by atoms with E-state index in [-0.39, 0.29) is 0 Å². The van der Waals surface area contributed by atoms with Gasteiger partial charge in [0.2, 0.25) is 0 Å². The lowest BCUT2D eigenvalue weighted by Crippen LogP contribution is -1.92. The zero-order valence-electron chi connectivity index (χ0n) is 9.08. The van der Waals surface area contributed by atoms with Gasteiger partial charge in [-0.2, -0.15) is 0 Å². The van der Waals surface area contributed by atoms with Crippen LogP contribution in [0.1, 0.15) is 19.4 Å². The van der Waals surface area contributed by atoms with E-state index < -0.39 is 0 Å². The topological polar surface area (TPSA) is 9.23 Å². The molecule has 0 atom stereocenters. The quantitative estimate of drug-likeness (QED) is 0.655. The zero-order chi connectivity index (χ0) is 10.1. The number of rotatable bonds is 2. The van der Waals surface area contributed by atoms with Crippen molar-refractivity contribution in [1.82, 2.24) is 0 Å². The monoisotopic (exact) mass is 196 g/mol. The van der Waals surface area contributed by atoms with Crippen LogP contribution in [0.3, 0.4) is 0 Å². The standard InChI is InChI=1S/C10H14.CH6OSi/c1-9(2)8-10-6-4-3-5-7-10;1-2-3/h3-7,9H,8H2,1-2H3;1,3H3. The van der Waals surface area contributed by atoms with Gasteiger partial charge in [0.25, 0.3) is 0 Å². The highest BCUT2D eigenvalue weighted by Gasteiger charge is 1.94. The Kier molecular flexibility index (Phi) is 7.64. The molecule has 0 saturated carbocycles. The SMILES string of the molecule is CC(C)Cc1ccccc1.CO[SiH3]. The molecule has 0 saturated heterocycles. The minimum absolute atomic E-state index is 0.766. The first-order valence-corrected chi connectivity index (χ1v) is 5.46. The average Bonchev–Trinajstić information content (AvgIpc) is 2.06. The summed E-state index contributed by atoms with van der Waals surface area (Å²) in [5.41, 5.74) is 1.44. The average molecular weight is 196 g/mol. The van der Waals surface area contributed by atoms with Crippen molar-refractivity contribution < 1.29 is 4.43 Å². The van der Waals surface area contributed by atoms with Crippen molar-refractivity contribution in [3.63, 3.8) is 0 Å². The van der Waals surface area contributed by atoms with E-state index >= 15 is 0 Å². The second-order valence-electron chi connectivity index (χ2n) is 3.49. The van der Waals surface area contributed by atoms with Crippen molar-refractivity contribution in [3.8, 4) is 0 Å². The van der Waals surface area contributed by atoms with E-state index in [0.717, 1.165) is 16.4 Å². The zero-order valence-corrected chi connectivity index (χ0v) is 11.1. The second kappa shape index (κ2) is 8.02. The van der Waals surface area contributed by atoms with Gasteiger partial charge in [-0.1, -0.05) is 44.2 Å². The molecule has 0 fully saturated rings. The fourth-order valence-corrected chi connectivity index (χ4v) is 1.09. The smallest absolute Gasteiger partial charge is 0.145 e. The summed E-state index contributed by atoms with van der Waals surface area (Å²) in [6, 6.07) is 10.6. The van der Waals surface area contributed by atoms with Crippen LogP contribution in [0.5, 0.6) is 0 Å². The molecule has 1 rings (SSSR count). The molecule has 0 spiro atoms. The highest BCUT2D eigenvalue weighted by molar-refractivity contribution is 5.97. The molecule has 0 aliphatic rings. The summed E-state index contributed by atoms with van der Waals surface area (Å²) in [6.07, 6.45) is 1.20. The minimum Gasteiger partial charge on any atom is -0.431 e. The largest absolute Gasteiger partial charge is 0.431 e. The highest BCUT2D eigenvalue weighted by Crippen LogP contribution is 2.05. The Morgan fingerprint density at radius 1 is 1.23 bits per heavy atom. The lowest BCUT2D eigenvalue weighted by molar-refractivity contribution is 0.460. The summed E-state index contributed by atoms with van der Waals surface area (Å²) in [4.78, 5) is 0. The summed E-state index contributed by atoms with van der Waals surface area (Å²) < 4.78 is 4.39. The summed E-state index contributed by atoms with van der Waals surface area (Å²) in [5, 5.41) is 0. The van der Waals surface area contributed by atoms with Crippen molar-refractivity contribution in [1.29, 1.82) is 0 Å². The molecule has 74 valence electrons. The fraction of sp³-hybridized carbons (Fsp3) is 0.455. The maximum Gasteiger partial charge on any atom is 0.145 e. The van der Waals surface area contributed by atoms with Crippen LogP contribution < -0.4 is 0 Å². The summed E-state index contributed by atoms with van der Waals surface area (Å²) in [5.74, 6) is 0.766. The molecule has 0 aliphatic heterocycles. The van der Waals surface area contributed by atoms with Gasteiger partial charge in [0.1, 0.15) is 10.5 Å². The Balaban J connectivity index is 0.000000424. The molecule has 0 aromatic heterocycles. The fourth-order valence-electron chi connectivity index (χ4n) is 1.09. The van der Waals surface area contributed by atoms with E-state index in [1.54, 1.807) is 7.11 Å². The predicted octanol–water partition coefficient (Wildman–Crippen LogP) is 1.80. The molecular formula is C11H20OSi. The van der Waals surface area contributed by atoms with Crippen molar-refractivity contribution >= 4 is 10.5 Å². The molecule has 0 unspecified atom stereocenters. The third-order valence-corrected chi connectivity index (χ3v) is 1.49. The second-order valence-corrected chi connectivity index (χ2v) is 4.31. The maximum atomic E-state index is 4.39. The number of hydrogen-bond donors (Lipinski definition) is 0. The molecule has 1 aromatic carbocycles. The van der Waals surface area contributed by atoms with Gasteiger partial charge in [0, 0.05) is 7.11 Å². The maximum absolute atomic E-state index is 4.39. The van der Waals surface area contributed by atoms with Crippen molar-refractivity contribution in [2.45, 2.75) is 20.3 Å². The van der Waals surface area contributed by atoms with Crippen LogP contribution in [-0.2, 0) is 10.8 Å². The Hall–Kier alpha value is -0.603. The summed E-state index contributed by atoms with van der Waals surface area (Å²) in [7, 11) is 2.56. The molecule has 0 radical (unpaired) electrons. The van der Waals surface area contributed by atoms with Crippen molar-refractivity contribution in [3.05, 3.63) is 35.9 Å². The Labute approximate surface area is 84.7 Å². The molecule has 0 N–H and O–H groups in total. The predicted molar refractivity (Wildman–Crippen MR) is 61.9 cm³/mol. The van der Waals surface area contributed by atoms with E-state index in [1.165, 1.54) is 12.0 Å². The lowest BCUT2D eigenvalue weighted by Gasteiger charge is -2.02. The van der Waals surface area contributed by atoms with Gasteiger partial charge >= 0.3 is 0 Å². The summed E-state index contributed by atoms with van der Waals surface area (Å²) >= 11 is 0. The van der Waals surface area contributed by atoms with E-state index in [9.17, 15) is 0 Å². The van der Waals surface area contributed by atoms with Crippen LogP contribution in [0.4, 0.5) is 0 Å². The van der Waals surface area contributed by atoms with E-state index in [1.807, 2.05) is 0 Å².